The summed E-state index contributed by atoms with van der Waals surface area (Å²) in [5, 5.41) is 0. The molecule has 0 atom stereocenters. The van der Waals surface area contributed by atoms with Crippen molar-refractivity contribution < 1.29 is 4.57 Å². The van der Waals surface area contributed by atoms with Crippen molar-refractivity contribution in [1.29, 1.82) is 0 Å². The van der Waals surface area contributed by atoms with Crippen molar-refractivity contribution in [2.75, 3.05) is 0 Å². The predicted molar refractivity (Wildman–Crippen MR) is 39.3 cm³/mol. The van der Waals surface area contributed by atoms with Crippen LogP contribution in [0.3, 0.4) is 0 Å². The second-order valence-corrected chi connectivity index (χ2v) is 2.75. The second-order valence-electron chi connectivity index (χ2n) is 1.79. The number of hydrogen-bond donors (Lipinski definition) is 0. The maximum absolute atomic E-state index is 2.29. The first-order chi connectivity index (χ1) is 3.72. The summed E-state index contributed by atoms with van der Waals surface area (Å²) in [5.41, 5.74) is 0. The molecule has 0 bridgehead atoms. The molecule has 1 aromatic rings. The van der Waals surface area contributed by atoms with Crippen LogP contribution in [0.25, 0.3) is 0 Å². The van der Waals surface area contributed by atoms with Gasteiger partial charge in [0.2, 0.25) is 0 Å². The van der Waals surface area contributed by atoms with E-state index in [1.165, 1.54) is 3.83 Å². The van der Waals surface area contributed by atoms with E-state index in [2.05, 4.69) is 31.7 Å². The highest BCUT2D eigenvalue weighted by Gasteiger charge is 2.03. The molecule has 0 aliphatic heterocycles. The van der Waals surface area contributed by atoms with Crippen LogP contribution in [0.5, 0.6) is 0 Å². The summed E-state index contributed by atoms with van der Waals surface area (Å²) < 4.78 is 5.38. The fourth-order valence-corrected chi connectivity index (χ4v) is 0.893. The van der Waals surface area contributed by atoms with Crippen molar-refractivity contribution in [3.05, 3.63) is 16.2 Å². The minimum atomic E-state index is 1.24. The molecule has 0 spiro atoms. The van der Waals surface area contributed by atoms with E-state index in [9.17, 15) is 0 Å². The van der Waals surface area contributed by atoms with Gasteiger partial charge in [-0.3, -0.25) is 0 Å². The van der Waals surface area contributed by atoms with Gasteiger partial charge >= 0.3 is 3.83 Å². The van der Waals surface area contributed by atoms with Crippen molar-refractivity contribution in [2.45, 2.75) is 0 Å². The summed E-state index contributed by atoms with van der Waals surface area (Å²) in [5.74, 6) is 0. The average Bonchev–Trinajstić information content (AvgIpc) is 1.98. The Labute approximate surface area is 62.3 Å². The van der Waals surface area contributed by atoms with Gasteiger partial charge < -0.3 is 0 Å². The van der Waals surface area contributed by atoms with Gasteiger partial charge in [-0.15, -0.1) is 0 Å². The molecule has 0 aliphatic carbocycles. The molecule has 0 fully saturated rings. The molecule has 0 aromatic carbocycles. The highest BCUT2D eigenvalue weighted by atomic mass is 127. The van der Waals surface area contributed by atoms with Gasteiger partial charge in [-0.05, 0) is 0 Å². The first-order valence-electron chi connectivity index (χ1n) is 2.38. The van der Waals surface area contributed by atoms with Gasteiger partial charge in [0.1, 0.15) is 12.4 Å². The highest BCUT2D eigenvalue weighted by Crippen LogP contribution is 1.93. The molecule has 0 amide bonds. The Morgan fingerprint density at radius 2 is 2.38 bits per heavy atom. The fraction of sp³-hybridized carbons (Fsp3) is 0.400. The Bertz CT molecular complexity index is 173. The topological polar surface area (TPSA) is 8.81 Å². The molecule has 1 aromatic heterocycles. The lowest BCUT2D eigenvalue weighted by atomic mass is 10.9. The molecular formula is C5H8IN2+. The van der Waals surface area contributed by atoms with Crippen molar-refractivity contribution in [3.8, 4) is 0 Å². The molecule has 0 saturated heterocycles. The normalized spacial score (nSPS) is 9.88. The lowest BCUT2D eigenvalue weighted by molar-refractivity contribution is -0.684. The Balaban J connectivity index is 3.19. The van der Waals surface area contributed by atoms with Crippen LogP contribution in [0.2, 0.25) is 0 Å². The van der Waals surface area contributed by atoms with E-state index < -0.39 is 0 Å². The molecular weight excluding hydrogens is 215 g/mol. The molecule has 2 nitrogen and oxygen atoms in total. The van der Waals surface area contributed by atoms with E-state index >= 15 is 0 Å². The standard InChI is InChI=1S/C5H8IN2/c1-7-3-4-8(2)5(7)6/h3-4H,1-2H3/q+1. The maximum atomic E-state index is 2.29. The van der Waals surface area contributed by atoms with Crippen molar-refractivity contribution in [2.24, 2.45) is 14.1 Å². The summed E-state index contributed by atoms with van der Waals surface area (Å²) in [6, 6.07) is 0. The number of rotatable bonds is 0. The SMILES string of the molecule is Cn1cc[n+](C)c1I. The van der Waals surface area contributed by atoms with E-state index in [1.807, 2.05) is 26.5 Å². The number of aromatic nitrogens is 2. The molecule has 44 valence electrons. The summed E-state index contributed by atoms with van der Waals surface area (Å²) in [6.07, 6.45) is 4.06. The van der Waals surface area contributed by atoms with Crippen LogP contribution in [0.15, 0.2) is 12.4 Å². The van der Waals surface area contributed by atoms with Gasteiger partial charge in [-0.1, -0.05) is 0 Å². The smallest absolute Gasteiger partial charge is 0.228 e. The summed E-state index contributed by atoms with van der Waals surface area (Å²) in [4.78, 5) is 0. The molecule has 0 saturated carbocycles. The van der Waals surface area contributed by atoms with E-state index in [0.717, 1.165) is 0 Å². The van der Waals surface area contributed by atoms with Crippen molar-refractivity contribution in [3.63, 3.8) is 0 Å². The Morgan fingerprint density at radius 1 is 1.75 bits per heavy atom. The van der Waals surface area contributed by atoms with E-state index in [-0.39, 0.29) is 0 Å². The van der Waals surface area contributed by atoms with E-state index in [1.54, 1.807) is 0 Å². The monoisotopic (exact) mass is 223 g/mol. The molecule has 0 radical (unpaired) electrons. The quantitative estimate of drug-likeness (QED) is 0.446. The molecule has 3 heteroatoms. The largest absolute Gasteiger partial charge is 0.317 e. The van der Waals surface area contributed by atoms with Gasteiger partial charge in [-0.2, -0.15) is 0 Å². The van der Waals surface area contributed by atoms with Crippen molar-refractivity contribution >= 4 is 22.6 Å². The number of halogens is 1. The highest BCUT2D eigenvalue weighted by molar-refractivity contribution is 14.1. The van der Waals surface area contributed by atoms with Crippen LogP contribution in [0.4, 0.5) is 0 Å². The zero-order chi connectivity index (χ0) is 6.15. The van der Waals surface area contributed by atoms with Crippen LogP contribution in [0.1, 0.15) is 0 Å². The van der Waals surface area contributed by atoms with Gasteiger partial charge in [0, 0.05) is 0 Å². The van der Waals surface area contributed by atoms with E-state index in [4.69, 9.17) is 0 Å². The summed E-state index contributed by atoms with van der Waals surface area (Å²) in [7, 11) is 4.06. The third-order valence-corrected chi connectivity index (χ3v) is 2.62. The first kappa shape index (κ1) is 6.07. The van der Waals surface area contributed by atoms with Gasteiger partial charge in [0.05, 0.1) is 36.7 Å². The van der Waals surface area contributed by atoms with Crippen LogP contribution in [-0.2, 0) is 14.1 Å². The second kappa shape index (κ2) is 2.05. The minimum absolute atomic E-state index is 1.24. The van der Waals surface area contributed by atoms with Crippen LogP contribution >= 0.6 is 22.6 Å². The Hall–Kier alpha value is -0.0600. The molecule has 0 N–H and O–H groups in total. The molecule has 0 aliphatic rings. The number of nitrogens with zero attached hydrogens (tertiary/aromatic N) is 2. The maximum Gasteiger partial charge on any atom is 0.317 e. The number of hydrogen-bond acceptors (Lipinski definition) is 0. The summed E-state index contributed by atoms with van der Waals surface area (Å²) in [6.45, 7) is 0. The lowest BCUT2D eigenvalue weighted by Gasteiger charge is -1.82. The molecule has 1 rings (SSSR count). The number of imidazole rings is 1. The third-order valence-electron chi connectivity index (χ3n) is 1.10. The zero-order valence-electron chi connectivity index (χ0n) is 4.93. The number of aryl methyl sites for hydroxylation is 2. The van der Waals surface area contributed by atoms with E-state index in [0.29, 0.717) is 0 Å². The lowest BCUT2D eigenvalue weighted by Crippen LogP contribution is -2.29. The summed E-state index contributed by atoms with van der Waals surface area (Å²) >= 11 is 2.29. The minimum Gasteiger partial charge on any atom is -0.228 e. The predicted octanol–water partition coefficient (Wildman–Crippen LogP) is 0.454. The Kier molecular flexibility index (Phi) is 1.55. The molecule has 0 unspecified atom stereocenters. The van der Waals surface area contributed by atoms with Gasteiger partial charge in [0.15, 0.2) is 0 Å². The Morgan fingerprint density at radius 3 is 2.50 bits per heavy atom. The zero-order valence-corrected chi connectivity index (χ0v) is 7.08. The molecule has 8 heavy (non-hydrogen) atoms. The third kappa shape index (κ3) is 0.866. The molecule has 1 heterocycles. The van der Waals surface area contributed by atoms with Gasteiger partial charge in [0.25, 0.3) is 0 Å². The first-order valence-corrected chi connectivity index (χ1v) is 3.46. The fourth-order valence-electron chi connectivity index (χ4n) is 0.572. The van der Waals surface area contributed by atoms with Crippen LogP contribution in [-0.4, -0.2) is 4.57 Å². The van der Waals surface area contributed by atoms with Gasteiger partial charge in [-0.25, -0.2) is 9.13 Å². The van der Waals surface area contributed by atoms with Crippen LogP contribution < -0.4 is 4.57 Å². The van der Waals surface area contributed by atoms with Crippen LogP contribution in [0, 0.1) is 3.83 Å². The average molecular weight is 223 g/mol. The van der Waals surface area contributed by atoms with Crippen molar-refractivity contribution in [1.82, 2.24) is 4.57 Å².